The Morgan fingerprint density at radius 3 is 2.67 bits per heavy atom. The molecule has 0 atom stereocenters. The molecule has 6 nitrogen and oxygen atoms in total. The largest absolute Gasteiger partial charge is 0.358 e. The Kier molecular flexibility index (Phi) is 6.17. The molecule has 0 amide bonds. The zero-order valence-electron chi connectivity index (χ0n) is 17.2. The number of hydrogen-bond donors (Lipinski definition) is 0. The predicted octanol–water partition coefficient (Wildman–Crippen LogP) is 4.99. The van der Waals surface area contributed by atoms with E-state index >= 15 is 0 Å². The fourth-order valence-electron chi connectivity index (χ4n) is 3.03. The highest BCUT2D eigenvalue weighted by molar-refractivity contribution is 9.10. The molecule has 8 heteroatoms. The zero-order valence-corrected chi connectivity index (χ0v) is 19.7. The van der Waals surface area contributed by atoms with Crippen molar-refractivity contribution in [1.29, 1.82) is 0 Å². The van der Waals surface area contributed by atoms with Crippen LogP contribution in [0, 0.1) is 0 Å². The number of halogens is 1. The topological polar surface area (TPSA) is 65.7 Å². The predicted molar refractivity (Wildman–Crippen MR) is 128 cm³/mol. The van der Waals surface area contributed by atoms with E-state index in [1.165, 1.54) is 0 Å². The van der Waals surface area contributed by atoms with Gasteiger partial charge in [0.1, 0.15) is 17.0 Å². The average Bonchev–Trinajstić information content (AvgIpc) is 3.09. The van der Waals surface area contributed by atoms with Gasteiger partial charge in [0.05, 0.1) is 29.7 Å². The standard InChI is InChI=1S/C22H24BrN5OS/c1-30(2,3)11-10-29-15-28-20-14-25-19(16-6-5-9-24-13-16)12-17(20)22(27-28)18-7-4-8-21(23)26-18/h4-9,12-14H,10-11,15H2,1-3H3. The summed E-state index contributed by atoms with van der Waals surface area (Å²) in [5.41, 5.74) is 4.34. The Hall–Kier alpha value is -2.29. The lowest BCUT2D eigenvalue weighted by molar-refractivity contribution is 0.0842. The zero-order chi connectivity index (χ0) is 21.1. The molecule has 0 aliphatic rings. The van der Waals surface area contributed by atoms with Crippen molar-refractivity contribution in [3.05, 3.63) is 59.6 Å². The maximum absolute atomic E-state index is 5.95. The van der Waals surface area contributed by atoms with E-state index in [1.807, 2.05) is 53.5 Å². The number of pyridine rings is 3. The summed E-state index contributed by atoms with van der Waals surface area (Å²) in [7, 11) is -0.588. The first kappa shape index (κ1) is 21.0. The lowest BCUT2D eigenvalue weighted by Gasteiger charge is -2.24. The van der Waals surface area contributed by atoms with E-state index in [9.17, 15) is 0 Å². The maximum Gasteiger partial charge on any atom is 0.140 e. The highest BCUT2D eigenvalue weighted by Crippen LogP contribution is 2.34. The van der Waals surface area contributed by atoms with E-state index in [4.69, 9.17) is 9.84 Å². The molecule has 0 aliphatic heterocycles. The second-order valence-corrected chi connectivity index (χ2v) is 13.3. The Bertz CT molecular complexity index is 1160. The molecule has 0 saturated carbocycles. The SMILES string of the molecule is CS(C)(C)CCOCn1nc(-c2cccc(Br)n2)c2cc(-c3cccnc3)ncc21. The van der Waals surface area contributed by atoms with Gasteiger partial charge >= 0.3 is 0 Å². The Morgan fingerprint density at radius 2 is 1.93 bits per heavy atom. The molecular weight excluding hydrogens is 462 g/mol. The van der Waals surface area contributed by atoms with Crippen molar-refractivity contribution in [3.63, 3.8) is 0 Å². The van der Waals surface area contributed by atoms with Gasteiger partial charge in [-0.1, -0.05) is 6.07 Å². The smallest absolute Gasteiger partial charge is 0.140 e. The number of hydrogen-bond acceptors (Lipinski definition) is 5. The van der Waals surface area contributed by atoms with Crippen molar-refractivity contribution in [1.82, 2.24) is 24.7 Å². The van der Waals surface area contributed by atoms with Gasteiger partial charge in [0.25, 0.3) is 0 Å². The van der Waals surface area contributed by atoms with Crippen LogP contribution in [0.5, 0.6) is 0 Å². The summed E-state index contributed by atoms with van der Waals surface area (Å²) in [6, 6.07) is 11.8. The van der Waals surface area contributed by atoms with E-state index in [-0.39, 0.29) is 0 Å². The normalized spacial score (nSPS) is 12.4. The van der Waals surface area contributed by atoms with Crippen LogP contribution in [-0.4, -0.2) is 55.9 Å². The third kappa shape index (κ3) is 4.88. The number of ether oxygens (including phenoxy) is 1. The monoisotopic (exact) mass is 485 g/mol. The molecule has 0 radical (unpaired) electrons. The molecule has 30 heavy (non-hydrogen) atoms. The van der Waals surface area contributed by atoms with Crippen LogP contribution < -0.4 is 0 Å². The number of fused-ring (bicyclic) bond motifs is 1. The highest BCUT2D eigenvalue weighted by Gasteiger charge is 2.16. The van der Waals surface area contributed by atoms with Crippen LogP contribution in [0.15, 0.2) is 59.6 Å². The quantitative estimate of drug-likeness (QED) is 0.272. The minimum absolute atomic E-state index is 0.383. The first-order valence-electron chi connectivity index (χ1n) is 9.54. The first-order valence-corrected chi connectivity index (χ1v) is 13.4. The number of aromatic nitrogens is 5. The fourth-order valence-corrected chi connectivity index (χ4v) is 3.99. The van der Waals surface area contributed by atoms with Gasteiger partial charge in [-0.2, -0.15) is 5.10 Å². The fraction of sp³-hybridized carbons (Fsp3) is 0.273. The Balaban J connectivity index is 1.73. The molecule has 4 aromatic rings. The van der Waals surface area contributed by atoms with Crippen LogP contribution in [0.1, 0.15) is 0 Å². The van der Waals surface area contributed by atoms with Crippen molar-refractivity contribution in [2.75, 3.05) is 31.1 Å². The van der Waals surface area contributed by atoms with Crippen LogP contribution in [-0.2, 0) is 11.5 Å². The summed E-state index contributed by atoms with van der Waals surface area (Å²) in [4.78, 5) is 13.5. The van der Waals surface area contributed by atoms with Gasteiger partial charge < -0.3 is 4.74 Å². The summed E-state index contributed by atoms with van der Waals surface area (Å²) in [5.74, 6) is 1.07. The highest BCUT2D eigenvalue weighted by atomic mass is 79.9. The van der Waals surface area contributed by atoms with Gasteiger partial charge in [-0.15, -0.1) is 0 Å². The van der Waals surface area contributed by atoms with Crippen molar-refractivity contribution >= 4 is 36.9 Å². The minimum Gasteiger partial charge on any atom is -0.358 e. The van der Waals surface area contributed by atoms with Crippen LogP contribution in [0.25, 0.3) is 33.5 Å². The number of nitrogens with zero attached hydrogens (tertiary/aromatic N) is 5. The van der Waals surface area contributed by atoms with E-state index in [2.05, 4.69) is 49.6 Å². The molecule has 4 aromatic heterocycles. The van der Waals surface area contributed by atoms with Crippen LogP contribution in [0.2, 0.25) is 0 Å². The molecule has 0 saturated heterocycles. The number of rotatable bonds is 7. The van der Waals surface area contributed by atoms with Crippen molar-refractivity contribution in [2.45, 2.75) is 6.73 Å². The Morgan fingerprint density at radius 1 is 1.07 bits per heavy atom. The summed E-state index contributed by atoms with van der Waals surface area (Å²) >= 11 is 3.46. The summed E-state index contributed by atoms with van der Waals surface area (Å²) in [5, 5.41) is 5.81. The molecule has 0 bridgehead atoms. The molecule has 4 heterocycles. The molecule has 4 rings (SSSR count). The average molecular weight is 486 g/mol. The molecule has 0 aromatic carbocycles. The van der Waals surface area contributed by atoms with Gasteiger partial charge in [-0.3, -0.25) is 9.97 Å². The lowest BCUT2D eigenvalue weighted by Crippen LogP contribution is -2.10. The van der Waals surface area contributed by atoms with Crippen molar-refractivity contribution in [2.24, 2.45) is 0 Å². The molecule has 156 valence electrons. The van der Waals surface area contributed by atoms with E-state index in [0.29, 0.717) is 13.3 Å². The first-order chi connectivity index (χ1) is 14.4. The second-order valence-electron chi connectivity index (χ2n) is 7.85. The van der Waals surface area contributed by atoms with E-state index in [0.717, 1.165) is 43.9 Å². The minimum atomic E-state index is -0.588. The third-order valence-electron chi connectivity index (χ3n) is 4.61. The van der Waals surface area contributed by atoms with Crippen LogP contribution in [0.4, 0.5) is 0 Å². The molecule has 0 N–H and O–H groups in total. The van der Waals surface area contributed by atoms with Gasteiger partial charge in [-0.25, -0.2) is 19.7 Å². The van der Waals surface area contributed by atoms with E-state index < -0.39 is 10.0 Å². The lowest BCUT2D eigenvalue weighted by atomic mass is 10.1. The maximum atomic E-state index is 5.95. The van der Waals surface area contributed by atoms with Crippen molar-refractivity contribution < 1.29 is 4.74 Å². The van der Waals surface area contributed by atoms with Gasteiger partial charge in [0.15, 0.2) is 0 Å². The summed E-state index contributed by atoms with van der Waals surface area (Å²) < 4.78 is 8.58. The third-order valence-corrected chi connectivity index (χ3v) is 6.44. The van der Waals surface area contributed by atoms with Crippen molar-refractivity contribution in [3.8, 4) is 22.6 Å². The van der Waals surface area contributed by atoms with Gasteiger partial charge in [0, 0.05) is 29.1 Å². The molecule has 0 aliphatic carbocycles. The van der Waals surface area contributed by atoms with Gasteiger partial charge in [0.2, 0.25) is 0 Å². The molecule has 0 fully saturated rings. The molecule has 0 unspecified atom stereocenters. The summed E-state index contributed by atoms with van der Waals surface area (Å²) in [6.07, 6.45) is 12.3. The molecule has 0 spiro atoms. The van der Waals surface area contributed by atoms with Crippen LogP contribution >= 0.6 is 26.0 Å². The Labute approximate surface area is 186 Å². The van der Waals surface area contributed by atoms with Crippen LogP contribution in [0.3, 0.4) is 0 Å². The summed E-state index contributed by atoms with van der Waals surface area (Å²) in [6.45, 7) is 1.10. The molecular formula is C22H24BrN5OS. The second kappa shape index (κ2) is 8.83. The van der Waals surface area contributed by atoms with Gasteiger partial charge in [-0.05, 0) is 65.0 Å². The van der Waals surface area contributed by atoms with E-state index in [1.54, 1.807) is 6.20 Å².